The Bertz CT molecular complexity index is 1090. The number of urea groups is 1. The summed E-state index contributed by atoms with van der Waals surface area (Å²) < 4.78 is 7.90. The van der Waals surface area contributed by atoms with Gasteiger partial charge in [0.15, 0.2) is 0 Å². The Morgan fingerprint density at radius 3 is 2.65 bits per heavy atom. The number of carbonyl (C=O) groups excluding carboxylic acids is 1. The highest BCUT2D eigenvalue weighted by Gasteiger charge is 2.29. The summed E-state index contributed by atoms with van der Waals surface area (Å²) in [4.78, 5) is 17.0. The van der Waals surface area contributed by atoms with Crippen LogP contribution in [0.4, 0.5) is 10.5 Å². The first-order valence-electron chi connectivity index (χ1n) is 12.2. The first-order valence-corrected chi connectivity index (χ1v) is 13.0. The zero-order valence-electron chi connectivity index (χ0n) is 20.6. The smallest absolute Gasteiger partial charge is 0.319 e. The number of anilines is 1. The van der Waals surface area contributed by atoms with Crippen LogP contribution in [-0.2, 0) is 13.0 Å². The zero-order chi connectivity index (χ0) is 24.1. The third-order valence-electron chi connectivity index (χ3n) is 6.23. The van der Waals surface area contributed by atoms with E-state index in [0.717, 1.165) is 32.4 Å². The zero-order valence-corrected chi connectivity index (χ0v) is 21.5. The topological polar surface area (TPSA) is 58.5 Å². The van der Waals surface area contributed by atoms with Crippen LogP contribution in [-0.4, -0.2) is 35.7 Å². The van der Waals surface area contributed by atoms with E-state index in [0.29, 0.717) is 24.0 Å². The van der Waals surface area contributed by atoms with Crippen molar-refractivity contribution in [3.8, 4) is 10.8 Å². The van der Waals surface area contributed by atoms with Gasteiger partial charge in [0.25, 0.3) is 0 Å². The first kappa shape index (κ1) is 24.4. The number of hydrogen-bond donors (Lipinski definition) is 2. The Kier molecular flexibility index (Phi) is 7.95. The van der Waals surface area contributed by atoms with Crippen LogP contribution in [0.3, 0.4) is 0 Å². The molecule has 0 saturated heterocycles. The van der Waals surface area contributed by atoms with Gasteiger partial charge in [0, 0.05) is 35.9 Å². The summed E-state index contributed by atoms with van der Waals surface area (Å²) in [5, 5.41) is 7.58. The molecule has 4 rings (SSSR count). The molecule has 0 unspecified atom stereocenters. The number of fused-ring (bicyclic) bond motifs is 1. The van der Waals surface area contributed by atoms with Crippen molar-refractivity contribution in [3.05, 3.63) is 64.8 Å². The number of benzene rings is 1. The van der Waals surface area contributed by atoms with Crippen LogP contribution < -0.4 is 15.4 Å². The molecule has 1 aromatic carbocycles. The van der Waals surface area contributed by atoms with Crippen LogP contribution in [0.15, 0.2) is 48.8 Å². The average Bonchev–Trinajstić information content (AvgIpc) is 3.45. The van der Waals surface area contributed by atoms with Gasteiger partial charge in [0.1, 0.15) is 10.8 Å². The molecule has 2 N–H and O–H groups in total. The Balaban J connectivity index is 1.66. The predicted molar refractivity (Wildman–Crippen MR) is 140 cm³/mol. The van der Waals surface area contributed by atoms with E-state index < -0.39 is 0 Å². The molecule has 3 heterocycles. The lowest BCUT2D eigenvalue weighted by molar-refractivity contribution is 0.246. The Morgan fingerprint density at radius 2 is 1.91 bits per heavy atom. The first-order chi connectivity index (χ1) is 16.5. The van der Waals surface area contributed by atoms with Gasteiger partial charge in [-0.25, -0.2) is 4.79 Å². The van der Waals surface area contributed by atoms with Gasteiger partial charge in [0.05, 0.1) is 18.3 Å². The van der Waals surface area contributed by atoms with Crippen LogP contribution in [0, 0.1) is 5.92 Å². The number of aromatic nitrogens is 1. The fraction of sp³-hybridized carbons (Fsp3) is 0.444. The van der Waals surface area contributed by atoms with Gasteiger partial charge < -0.3 is 24.8 Å². The fourth-order valence-corrected chi connectivity index (χ4v) is 5.97. The molecule has 34 heavy (non-hydrogen) atoms. The van der Waals surface area contributed by atoms with Crippen molar-refractivity contribution in [1.82, 2.24) is 14.8 Å². The maximum Gasteiger partial charge on any atom is 0.319 e. The van der Waals surface area contributed by atoms with Crippen molar-refractivity contribution < 1.29 is 9.53 Å². The van der Waals surface area contributed by atoms with Crippen molar-refractivity contribution in [1.29, 1.82) is 0 Å². The highest BCUT2D eigenvalue weighted by atomic mass is 32.1. The Hall–Kier alpha value is -2.77. The number of nitrogens with zero attached hydrogens (tertiary/aromatic N) is 2. The largest absolute Gasteiger partial charge is 0.492 e. The number of rotatable bonds is 9. The molecule has 0 spiro atoms. The SMILES string of the molecule is CCOc1ccccc1NC(=O)N[C@@H](CCC(C)C)c1c(-n2cccc2)sc2c1CCN(C)C2. The highest BCUT2D eigenvalue weighted by molar-refractivity contribution is 7.15. The quantitative estimate of drug-likeness (QED) is 0.382. The summed E-state index contributed by atoms with van der Waals surface area (Å²) in [6.45, 7) is 8.96. The normalized spacial score (nSPS) is 14.6. The number of amides is 2. The van der Waals surface area contributed by atoms with Crippen LogP contribution in [0.2, 0.25) is 0 Å². The standard InChI is InChI=1S/C27H36N4O2S/c1-5-33-23-11-7-6-10-21(23)28-27(32)29-22(13-12-19(2)3)25-20-14-17-30(4)18-24(20)34-26(25)31-15-8-9-16-31/h6-11,15-16,19,22H,5,12-14,17-18H2,1-4H3,(H2,28,29,32)/t22-/m0/s1. The maximum absolute atomic E-state index is 13.2. The molecule has 2 aromatic heterocycles. The fourth-order valence-electron chi connectivity index (χ4n) is 4.52. The van der Waals surface area contributed by atoms with Crippen LogP contribution in [0.25, 0.3) is 5.00 Å². The van der Waals surface area contributed by atoms with E-state index >= 15 is 0 Å². The number of ether oxygens (including phenoxy) is 1. The minimum absolute atomic E-state index is 0.0672. The van der Waals surface area contributed by atoms with Crippen LogP contribution in [0.5, 0.6) is 5.75 Å². The van der Waals surface area contributed by atoms with Crippen LogP contribution >= 0.6 is 11.3 Å². The van der Waals surface area contributed by atoms with Crippen molar-refractivity contribution in [2.45, 2.75) is 52.6 Å². The van der Waals surface area contributed by atoms with E-state index in [1.807, 2.05) is 42.5 Å². The van der Waals surface area contributed by atoms with E-state index in [9.17, 15) is 4.79 Å². The van der Waals surface area contributed by atoms with Gasteiger partial charge >= 0.3 is 6.03 Å². The molecule has 1 atom stereocenters. The minimum Gasteiger partial charge on any atom is -0.492 e. The summed E-state index contributed by atoms with van der Waals surface area (Å²) in [6.07, 6.45) is 7.14. The summed E-state index contributed by atoms with van der Waals surface area (Å²) in [5.41, 5.74) is 3.37. The van der Waals surface area contributed by atoms with Gasteiger partial charge in [-0.3, -0.25) is 0 Å². The lowest BCUT2D eigenvalue weighted by Crippen LogP contribution is -2.34. The maximum atomic E-state index is 13.2. The molecule has 0 bridgehead atoms. The van der Waals surface area contributed by atoms with Crippen molar-refractivity contribution >= 4 is 23.1 Å². The molecule has 0 fully saturated rings. The molecule has 7 heteroatoms. The van der Waals surface area contributed by atoms with Crippen molar-refractivity contribution in [2.75, 3.05) is 25.5 Å². The van der Waals surface area contributed by atoms with Gasteiger partial charge in [-0.05, 0) is 69.0 Å². The third-order valence-corrected chi connectivity index (χ3v) is 7.48. The van der Waals surface area contributed by atoms with Crippen LogP contribution in [0.1, 0.15) is 55.7 Å². The van der Waals surface area contributed by atoms with E-state index in [-0.39, 0.29) is 12.1 Å². The summed E-state index contributed by atoms with van der Waals surface area (Å²) in [7, 11) is 2.18. The second-order valence-electron chi connectivity index (χ2n) is 9.35. The Morgan fingerprint density at radius 1 is 1.15 bits per heavy atom. The predicted octanol–water partition coefficient (Wildman–Crippen LogP) is 6.22. The molecule has 0 aliphatic carbocycles. The molecular formula is C27H36N4O2S. The molecule has 1 aliphatic rings. The Labute approximate surface area is 206 Å². The van der Waals surface area contributed by atoms with E-state index in [2.05, 4.69) is 65.5 Å². The molecule has 1 aliphatic heterocycles. The molecule has 3 aromatic rings. The lowest BCUT2D eigenvalue weighted by atomic mass is 9.92. The van der Waals surface area contributed by atoms with Gasteiger partial charge in [-0.2, -0.15) is 0 Å². The number of para-hydroxylation sites is 2. The summed E-state index contributed by atoms with van der Waals surface area (Å²) >= 11 is 1.86. The van der Waals surface area contributed by atoms with Gasteiger partial charge in [-0.15, -0.1) is 11.3 Å². The van der Waals surface area contributed by atoms with E-state index in [1.165, 1.54) is 21.0 Å². The van der Waals surface area contributed by atoms with Crippen molar-refractivity contribution in [2.24, 2.45) is 5.92 Å². The highest BCUT2D eigenvalue weighted by Crippen LogP contribution is 2.41. The lowest BCUT2D eigenvalue weighted by Gasteiger charge is -2.26. The summed E-state index contributed by atoms with van der Waals surface area (Å²) in [5.74, 6) is 1.24. The van der Waals surface area contributed by atoms with Gasteiger partial charge in [-0.1, -0.05) is 26.0 Å². The number of carbonyl (C=O) groups is 1. The third kappa shape index (κ3) is 5.65. The second kappa shape index (κ2) is 11.1. The molecule has 0 saturated carbocycles. The number of likely N-dealkylation sites (N-methyl/N-ethyl adjacent to an activating group) is 1. The van der Waals surface area contributed by atoms with E-state index in [4.69, 9.17) is 4.74 Å². The molecule has 0 radical (unpaired) electrons. The molecule has 182 valence electrons. The van der Waals surface area contributed by atoms with E-state index in [1.54, 1.807) is 0 Å². The summed E-state index contributed by atoms with van der Waals surface area (Å²) in [6, 6.07) is 11.4. The minimum atomic E-state index is -0.202. The number of hydrogen-bond acceptors (Lipinski definition) is 4. The molecule has 2 amide bonds. The van der Waals surface area contributed by atoms with Crippen molar-refractivity contribution in [3.63, 3.8) is 0 Å². The monoisotopic (exact) mass is 480 g/mol. The second-order valence-corrected chi connectivity index (χ2v) is 10.4. The number of thiophene rings is 1. The van der Waals surface area contributed by atoms with Gasteiger partial charge in [0.2, 0.25) is 0 Å². The number of nitrogens with one attached hydrogen (secondary N) is 2. The average molecular weight is 481 g/mol. The molecule has 6 nitrogen and oxygen atoms in total. The molecular weight excluding hydrogens is 444 g/mol.